The average molecular weight is 396 g/mol. The molecule has 29 heavy (non-hydrogen) atoms. The second-order valence-electron chi connectivity index (χ2n) is 7.33. The van der Waals surface area contributed by atoms with Gasteiger partial charge in [0.2, 0.25) is 5.95 Å². The maximum absolute atomic E-state index is 12.1. The molecule has 1 aromatic carbocycles. The van der Waals surface area contributed by atoms with Crippen molar-refractivity contribution < 1.29 is 14.6 Å². The Labute approximate surface area is 167 Å². The van der Waals surface area contributed by atoms with Crippen molar-refractivity contribution in [3.8, 4) is 11.4 Å². The number of hydrogen-bond acceptors (Lipinski definition) is 7. The number of carbonyl (C=O) groups is 1. The summed E-state index contributed by atoms with van der Waals surface area (Å²) in [5.74, 6) is 0.178. The van der Waals surface area contributed by atoms with Crippen LogP contribution in [0.25, 0.3) is 16.7 Å². The quantitative estimate of drug-likeness (QED) is 0.611. The normalized spacial score (nSPS) is 16.7. The molecule has 0 bridgehead atoms. The van der Waals surface area contributed by atoms with Crippen LogP contribution in [-0.2, 0) is 4.74 Å². The number of methoxy groups -OCH3 is 1. The van der Waals surface area contributed by atoms with E-state index in [9.17, 15) is 9.90 Å². The number of carbonyl (C=O) groups excluding carboxylic acids is 1. The van der Waals surface area contributed by atoms with Gasteiger partial charge in [0.1, 0.15) is 11.6 Å². The fourth-order valence-corrected chi connectivity index (χ4v) is 3.98. The second kappa shape index (κ2) is 6.93. The third kappa shape index (κ3) is 2.94. The second-order valence-corrected chi connectivity index (χ2v) is 7.33. The molecule has 4 rings (SSSR count). The summed E-state index contributed by atoms with van der Waals surface area (Å²) in [7, 11) is 1.69. The van der Waals surface area contributed by atoms with Crippen LogP contribution >= 0.6 is 0 Å². The van der Waals surface area contributed by atoms with Gasteiger partial charge in [0.25, 0.3) is 5.91 Å². The van der Waals surface area contributed by atoms with E-state index in [0.29, 0.717) is 34.8 Å². The van der Waals surface area contributed by atoms with Crippen LogP contribution in [0.3, 0.4) is 0 Å². The zero-order valence-corrected chi connectivity index (χ0v) is 16.6. The van der Waals surface area contributed by atoms with E-state index < -0.39 is 5.91 Å². The van der Waals surface area contributed by atoms with Crippen molar-refractivity contribution in [3.63, 3.8) is 0 Å². The third-order valence-electron chi connectivity index (χ3n) is 5.57. The Balaban J connectivity index is 1.99. The number of rotatable bonds is 4. The van der Waals surface area contributed by atoms with Crippen molar-refractivity contribution in [1.82, 2.24) is 14.5 Å². The molecule has 9 nitrogen and oxygen atoms in total. The van der Waals surface area contributed by atoms with Crippen molar-refractivity contribution in [3.05, 3.63) is 35.0 Å². The van der Waals surface area contributed by atoms with Gasteiger partial charge in [-0.2, -0.15) is 4.98 Å². The first-order valence-corrected chi connectivity index (χ1v) is 9.37. The van der Waals surface area contributed by atoms with Gasteiger partial charge in [-0.3, -0.25) is 9.36 Å². The summed E-state index contributed by atoms with van der Waals surface area (Å²) in [5, 5.41) is 10.7. The first-order valence-electron chi connectivity index (χ1n) is 9.37. The fraction of sp³-hybridized carbons (Fsp3) is 0.350. The number of anilines is 2. The molecule has 152 valence electrons. The molecule has 9 heteroatoms. The first-order chi connectivity index (χ1) is 13.8. The van der Waals surface area contributed by atoms with Crippen LogP contribution < -0.4 is 16.4 Å². The summed E-state index contributed by atoms with van der Waals surface area (Å²) < 4.78 is 7.11. The molecule has 3 aromatic rings. The van der Waals surface area contributed by atoms with Gasteiger partial charge >= 0.3 is 0 Å². The van der Waals surface area contributed by atoms with Crippen LogP contribution in [0, 0.1) is 13.8 Å². The number of aromatic nitrogens is 3. The molecule has 2 aromatic heterocycles. The lowest BCUT2D eigenvalue weighted by Gasteiger charge is -2.17. The molecule has 1 saturated heterocycles. The largest absolute Gasteiger partial charge is 0.508 e. The lowest BCUT2D eigenvalue weighted by atomic mass is 10.1. The molecule has 5 N–H and O–H groups in total. The average Bonchev–Trinajstić information content (AvgIpc) is 3.27. The Hall–Kier alpha value is -3.33. The Morgan fingerprint density at radius 1 is 1.34 bits per heavy atom. The number of fused-ring (bicyclic) bond motifs is 1. The number of nitrogen functional groups attached to an aromatic ring is 1. The number of phenols is 1. The topological polar surface area (TPSA) is 133 Å². The minimum atomic E-state index is -0.654. The molecular formula is C20H24N6O3. The molecule has 1 amide bonds. The molecule has 1 fully saturated rings. The number of nitrogens with zero attached hydrogens (tertiary/aromatic N) is 4. The third-order valence-corrected chi connectivity index (χ3v) is 5.57. The van der Waals surface area contributed by atoms with Crippen molar-refractivity contribution in [2.45, 2.75) is 26.4 Å². The molecule has 0 radical (unpaired) electrons. The van der Waals surface area contributed by atoms with Gasteiger partial charge < -0.3 is 26.2 Å². The number of hydrogen-bond donors (Lipinski definition) is 3. The van der Waals surface area contributed by atoms with E-state index in [0.717, 1.165) is 18.5 Å². The molecule has 1 aliphatic heterocycles. The summed E-state index contributed by atoms with van der Waals surface area (Å²) in [5.41, 5.74) is 14.8. The smallest absolute Gasteiger partial charge is 0.253 e. The van der Waals surface area contributed by atoms with Crippen LogP contribution in [0.5, 0.6) is 5.75 Å². The Morgan fingerprint density at radius 2 is 2.10 bits per heavy atom. The van der Waals surface area contributed by atoms with Crippen LogP contribution in [0.2, 0.25) is 0 Å². The van der Waals surface area contributed by atoms with Gasteiger partial charge in [-0.1, -0.05) is 6.07 Å². The zero-order chi connectivity index (χ0) is 20.9. The summed E-state index contributed by atoms with van der Waals surface area (Å²) >= 11 is 0. The number of benzene rings is 1. The van der Waals surface area contributed by atoms with E-state index in [-0.39, 0.29) is 23.2 Å². The van der Waals surface area contributed by atoms with Gasteiger partial charge in [-0.25, -0.2) is 4.98 Å². The highest BCUT2D eigenvalue weighted by Gasteiger charge is 2.28. The summed E-state index contributed by atoms with van der Waals surface area (Å²) in [6.45, 7) is 5.15. The summed E-state index contributed by atoms with van der Waals surface area (Å²) in [4.78, 5) is 23.3. The van der Waals surface area contributed by atoms with Gasteiger partial charge in [-0.05, 0) is 31.9 Å². The van der Waals surface area contributed by atoms with Crippen molar-refractivity contribution in [2.75, 3.05) is 30.8 Å². The maximum atomic E-state index is 12.1. The molecule has 0 spiro atoms. The predicted molar refractivity (Wildman–Crippen MR) is 111 cm³/mol. The first kappa shape index (κ1) is 19.0. The lowest BCUT2D eigenvalue weighted by molar-refractivity contribution is 0.100. The molecular weight excluding hydrogens is 372 g/mol. The van der Waals surface area contributed by atoms with Crippen LogP contribution in [0.4, 0.5) is 11.8 Å². The summed E-state index contributed by atoms with van der Waals surface area (Å²) in [6, 6.07) is 3.42. The van der Waals surface area contributed by atoms with Gasteiger partial charge in [0.05, 0.1) is 22.7 Å². The number of aryl methyl sites for hydroxylation is 1. The van der Waals surface area contributed by atoms with Crippen LogP contribution in [0.15, 0.2) is 18.3 Å². The molecule has 0 saturated carbocycles. The van der Waals surface area contributed by atoms with Gasteiger partial charge in [0.15, 0.2) is 5.65 Å². The Kier molecular flexibility index (Phi) is 4.54. The molecule has 1 unspecified atom stereocenters. The van der Waals surface area contributed by atoms with E-state index in [4.69, 9.17) is 21.2 Å². The van der Waals surface area contributed by atoms with E-state index in [1.54, 1.807) is 36.9 Å². The van der Waals surface area contributed by atoms with Gasteiger partial charge in [-0.15, -0.1) is 0 Å². The Bertz CT molecular complexity index is 1120. The SMILES string of the molecule is COC1CCN(c2ncc3c(C(N)=O)c(N)n(-c4c(C)ccc(O)c4C)c3n2)C1. The summed E-state index contributed by atoms with van der Waals surface area (Å²) in [6.07, 6.45) is 2.60. The molecule has 1 aliphatic rings. The Morgan fingerprint density at radius 3 is 2.76 bits per heavy atom. The molecule has 0 aliphatic carbocycles. The minimum Gasteiger partial charge on any atom is -0.508 e. The van der Waals surface area contributed by atoms with E-state index in [1.165, 1.54) is 0 Å². The lowest BCUT2D eigenvalue weighted by Crippen LogP contribution is -2.24. The highest BCUT2D eigenvalue weighted by molar-refractivity contribution is 6.11. The van der Waals surface area contributed by atoms with E-state index in [2.05, 4.69) is 4.98 Å². The van der Waals surface area contributed by atoms with Gasteiger partial charge in [0, 0.05) is 32.0 Å². The fourth-order valence-electron chi connectivity index (χ4n) is 3.98. The highest BCUT2D eigenvalue weighted by Crippen LogP contribution is 2.36. The van der Waals surface area contributed by atoms with Crippen molar-refractivity contribution in [2.24, 2.45) is 5.73 Å². The predicted octanol–water partition coefficient (Wildman–Crippen LogP) is 1.65. The number of primary amides is 1. The molecule has 3 heterocycles. The number of phenolic OH excluding ortho intramolecular Hbond substituents is 1. The van der Waals surface area contributed by atoms with Crippen molar-refractivity contribution >= 4 is 28.7 Å². The number of aromatic hydroxyl groups is 1. The molecule has 1 atom stereocenters. The monoisotopic (exact) mass is 396 g/mol. The standard InChI is InChI=1S/C20H24N6O3/c1-10-4-5-14(27)11(2)16(10)26-17(21)15(18(22)28)13-8-23-20(24-19(13)26)25-7-6-12(9-25)29-3/h4-5,8,12,27H,6-7,9,21H2,1-3H3,(H2,22,28). The number of amides is 1. The van der Waals surface area contributed by atoms with Crippen molar-refractivity contribution in [1.29, 1.82) is 0 Å². The zero-order valence-electron chi connectivity index (χ0n) is 16.6. The van der Waals surface area contributed by atoms with Crippen LogP contribution in [0.1, 0.15) is 27.9 Å². The van der Waals surface area contributed by atoms with Crippen LogP contribution in [-0.4, -0.2) is 51.9 Å². The minimum absolute atomic E-state index is 0.128. The maximum Gasteiger partial charge on any atom is 0.253 e. The van der Waals surface area contributed by atoms with E-state index in [1.807, 2.05) is 11.8 Å². The number of ether oxygens (including phenoxy) is 1. The van der Waals surface area contributed by atoms with E-state index >= 15 is 0 Å². The number of nitrogens with two attached hydrogens (primary N) is 2. The highest BCUT2D eigenvalue weighted by atomic mass is 16.5.